The summed E-state index contributed by atoms with van der Waals surface area (Å²) < 4.78 is 39.6. The summed E-state index contributed by atoms with van der Waals surface area (Å²) in [7, 11) is 2.07. The topological polar surface area (TPSA) is 90.3 Å². The Morgan fingerprint density at radius 3 is 2.50 bits per heavy atom. The second-order valence-corrected chi connectivity index (χ2v) is 8.17. The summed E-state index contributed by atoms with van der Waals surface area (Å²) in [6, 6.07) is 8.50. The Bertz CT molecular complexity index is 1180. The van der Waals surface area contributed by atoms with Crippen molar-refractivity contribution in [3.63, 3.8) is 0 Å². The van der Waals surface area contributed by atoms with Crippen molar-refractivity contribution in [2.24, 2.45) is 0 Å². The zero-order chi connectivity index (χ0) is 23.0. The molecule has 3 aromatic rings. The number of nitrogens with one attached hydrogen (secondary N) is 2. The first-order chi connectivity index (χ1) is 15.1. The van der Waals surface area contributed by atoms with Crippen molar-refractivity contribution in [2.45, 2.75) is 19.1 Å². The van der Waals surface area contributed by atoms with Gasteiger partial charge in [0.25, 0.3) is 5.56 Å². The summed E-state index contributed by atoms with van der Waals surface area (Å²) in [6.45, 7) is 5.32. The molecule has 7 nitrogen and oxygen atoms in total. The van der Waals surface area contributed by atoms with Gasteiger partial charge in [-0.25, -0.2) is 5.10 Å². The SMILES string of the molecule is C[C@@H](Nc1n[nH]c(=O)c2ccc(N3CCN(C)CC3)cc12)c1cc(N)cc(C(F)(F)F)c1. The fraction of sp³-hybridized carbons (Fsp3) is 0.364. The Balaban J connectivity index is 1.68. The van der Waals surface area contributed by atoms with Crippen molar-refractivity contribution in [3.05, 3.63) is 57.9 Å². The molecule has 0 amide bonds. The van der Waals surface area contributed by atoms with Crippen molar-refractivity contribution < 1.29 is 13.2 Å². The molecule has 0 aliphatic carbocycles. The molecule has 10 heteroatoms. The first-order valence-electron chi connectivity index (χ1n) is 10.3. The molecule has 4 rings (SSSR count). The predicted octanol–water partition coefficient (Wildman–Crippen LogP) is 3.45. The van der Waals surface area contributed by atoms with E-state index in [9.17, 15) is 18.0 Å². The van der Waals surface area contributed by atoms with Gasteiger partial charge in [-0.3, -0.25) is 4.79 Å². The van der Waals surface area contributed by atoms with E-state index in [1.807, 2.05) is 12.1 Å². The van der Waals surface area contributed by atoms with Crippen LogP contribution in [0.1, 0.15) is 24.1 Å². The predicted molar refractivity (Wildman–Crippen MR) is 120 cm³/mol. The van der Waals surface area contributed by atoms with Gasteiger partial charge < -0.3 is 20.9 Å². The van der Waals surface area contributed by atoms with E-state index in [0.717, 1.165) is 44.0 Å². The fourth-order valence-electron chi connectivity index (χ4n) is 3.90. The third kappa shape index (κ3) is 4.50. The molecule has 1 aromatic heterocycles. The summed E-state index contributed by atoms with van der Waals surface area (Å²) in [6.07, 6.45) is -4.50. The van der Waals surface area contributed by atoms with E-state index < -0.39 is 17.8 Å². The molecule has 4 N–H and O–H groups in total. The van der Waals surface area contributed by atoms with Gasteiger partial charge in [0.05, 0.1) is 17.0 Å². The van der Waals surface area contributed by atoms with Gasteiger partial charge in [0.2, 0.25) is 0 Å². The molecule has 2 heterocycles. The Morgan fingerprint density at radius 1 is 1.09 bits per heavy atom. The van der Waals surface area contributed by atoms with Gasteiger partial charge in [0, 0.05) is 42.9 Å². The molecule has 1 aliphatic heterocycles. The van der Waals surface area contributed by atoms with Crippen LogP contribution in [-0.2, 0) is 6.18 Å². The highest BCUT2D eigenvalue weighted by Crippen LogP contribution is 2.34. The number of nitrogens with zero attached hydrogens (tertiary/aromatic N) is 3. The number of likely N-dealkylation sites (N-methyl/N-ethyl adjacent to an activating group) is 1. The van der Waals surface area contributed by atoms with Crippen LogP contribution in [-0.4, -0.2) is 48.3 Å². The van der Waals surface area contributed by atoms with Crippen LogP contribution in [0.25, 0.3) is 10.8 Å². The molecule has 1 aliphatic rings. The van der Waals surface area contributed by atoms with E-state index in [1.165, 1.54) is 6.07 Å². The number of hydrogen-bond acceptors (Lipinski definition) is 6. The summed E-state index contributed by atoms with van der Waals surface area (Å²) in [5, 5.41) is 10.8. The van der Waals surface area contributed by atoms with Crippen LogP contribution in [0, 0.1) is 0 Å². The molecule has 170 valence electrons. The smallest absolute Gasteiger partial charge is 0.399 e. The summed E-state index contributed by atoms with van der Waals surface area (Å²) in [5.41, 5.74) is 5.94. The van der Waals surface area contributed by atoms with Gasteiger partial charge in [-0.2, -0.15) is 18.3 Å². The van der Waals surface area contributed by atoms with Crippen molar-refractivity contribution in [1.29, 1.82) is 0 Å². The number of aromatic amines is 1. The van der Waals surface area contributed by atoms with Crippen LogP contribution >= 0.6 is 0 Å². The minimum absolute atomic E-state index is 0.0279. The maximum atomic E-state index is 13.2. The van der Waals surface area contributed by atoms with Crippen molar-refractivity contribution in [3.8, 4) is 0 Å². The van der Waals surface area contributed by atoms with Crippen LogP contribution < -0.4 is 21.5 Å². The second-order valence-electron chi connectivity index (χ2n) is 8.17. The number of nitrogens with two attached hydrogens (primary N) is 1. The first-order valence-corrected chi connectivity index (χ1v) is 10.3. The highest BCUT2D eigenvalue weighted by Gasteiger charge is 2.31. The zero-order valence-electron chi connectivity index (χ0n) is 17.8. The van der Waals surface area contributed by atoms with E-state index in [2.05, 4.69) is 32.4 Å². The van der Waals surface area contributed by atoms with Gasteiger partial charge in [-0.15, -0.1) is 0 Å². The fourth-order valence-corrected chi connectivity index (χ4v) is 3.90. The Labute approximate surface area is 183 Å². The minimum Gasteiger partial charge on any atom is -0.399 e. The van der Waals surface area contributed by atoms with E-state index in [1.54, 1.807) is 13.0 Å². The molecular formula is C22H25F3N6O. The monoisotopic (exact) mass is 446 g/mol. The normalized spacial score (nSPS) is 16.3. The molecule has 0 radical (unpaired) electrons. The average molecular weight is 446 g/mol. The highest BCUT2D eigenvalue weighted by atomic mass is 19.4. The lowest BCUT2D eigenvalue weighted by atomic mass is 10.0. The number of hydrogen-bond donors (Lipinski definition) is 3. The number of rotatable bonds is 4. The minimum atomic E-state index is -4.50. The second kappa shape index (κ2) is 8.34. The largest absolute Gasteiger partial charge is 0.416 e. The Kier molecular flexibility index (Phi) is 5.72. The summed E-state index contributed by atoms with van der Waals surface area (Å²) in [5.74, 6) is 0.388. The van der Waals surface area contributed by atoms with Gasteiger partial charge in [0.1, 0.15) is 0 Å². The number of piperazine rings is 1. The van der Waals surface area contributed by atoms with Gasteiger partial charge >= 0.3 is 6.18 Å². The molecule has 1 atom stereocenters. The maximum Gasteiger partial charge on any atom is 0.416 e. The average Bonchev–Trinajstić information content (AvgIpc) is 2.75. The quantitative estimate of drug-likeness (QED) is 0.532. The Morgan fingerprint density at radius 2 is 1.81 bits per heavy atom. The summed E-state index contributed by atoms with van der Waals surface area (Å²) in [4.78, 5) is 16.8. The van der Waals surface area contributed by atoms with Gasteiger partial charge in [-0.1, -0.05) is 0 Å². The third-order valence-electron chi connectivity index (χ3n) is 5.80. The molecule has 0 unspecified atom stereocenters. The van der Waals surface area contributed by atoms with E-state index in [-0.39, 0.29) is 11.2 Å². The molecule has 32 heavy (non-hydrogen) atoms. The number of H-pyrrole nitrogens is 1. The molecule has 0 saturated carbocycles. The van der Waals surface area contributed by atoms with Crippen molar-refractivity contribution in [2.75, 3.05) is 49.2 Å². The molecule has 1 saturated heterocycles. The Hall–Kier alpha value is -3.27. The first kappa shape index (κ1) is 21.9. The number of halogens is 3. The van der Waals surface area contributed by atoms with Crippen molar-refractivity contribution in [1.82, 2.24) is 15.1 Å². The molecular weight excluding hydrogens is 421 g/mol. The maximum absolute atomic E-state index is 13.2. The lowest BCUT2D eigenvalue weighted by Crippen LogP contribution is -2.44. The number of alkyl halides is 3. The number of nitrogen functional groups attached to an aromatic ring is 1. The van der Waals surface area contributed by atoms with E-state index >= 15 is 0 Å². The van der Waals surface area contributed by atoms with Crippen LogP contribution in [0.15, 0.2) is 41.2 Å². The van der Waals surface area contributed by atoms with Gasteiger partial charge in [-0.05, 0) is 55.9 Å². The highest BCUT2D eigenvalue weighted by molar-refractivity contribution is 5.93. The molecule has 2 aromatic carbocycles. The third-order valence-corrected chi connectivity index (χ3v) is 5.80. The van der Waals surface area contributed by atoms with Crippen LogP contribution in [0.4, 0.5) is 30.4 Å². The number of aromatic nitrogens is 2. The van der Waals surface area contributed by atoms with Crippen LogP contribution in [0.5, 0.6) is 0 Å². The number of anilines is 3. The van der Waals surface area contributed by atoms with E-state index in [0.29, 0.717) is 22.2 Å². The van der Waals surface area contributed by atoms with Crippen LogP contribution in [0.3, 0.4) is 0 Å². The lowest BCUT2D eigenvalue weighted by molar-refractivity contribution is -0.137. The van der Waals surface area contributed by atoms with E-state index in [4.69, 9.17) is 5.73 Å². The lowest BCUT2D eigenvalue weighted by Gasteiger charge is -2.34. The summed E-state index contributed by atoms with van der Waals surface area (Å²) >= 11 is 0. The van der Waals surface area contributed by atoms with Crippen LogP contribution in [0.2, 0.25) is 0 Å². The molecule has 0 spiro atoms. The number of fused-ring (bicyclic) bond motifs is 1. The molecule has 0 bridgehead atoms. The standard InChI is InChI=1S/C22H25F3N6O/c1-13(14-9-15(22(23,24)25)11-16(26)10-14)27-20-19-12-17(31-7-5-30(2)6-8-31)3-4-18(19)21(32)29-28-20/h3-4,9-13H,5-8,26H2,1-2H3,(H,27,28)(H,29,32)/t13-/m1/s1. The van der Waals surface area contributed by atoms with Crippen molar-refractivity contribution >= 4 is 28.0 Å². The zero-order valence-corrected chi connectivity index (χ0v) is 17.8. The van der Waals surface area contributed by atoms with Gasteiger partial charge in [0.15, 0.2) is 5.82 Å². The number of benzene rings is 2. The molecule has 1 fully saturated rings.